The number of rotatable bonds is 9. The average molecular weight is 461 g/mol. The third-order valence-electron chi connectivity index (χ3n) is 4.58. The van der Waals surface area contributed by atoms with Crippen molar-refractivity contribution in [2.75, 3.05) is 0 Å². The van der Waals surface area contributed by atoms with E-state index >= 15 is 0 Å². The maximum atomic E-state index is 6.12. The Morgan fingerprint density at radius 2 is 1.61 bits per heavy atom. The summed E-state index contributed by atoms with van der Waals surface area (Å²) in [7, 11) is 0. The molecule has 1 atom stereocenters. The number of hydrogen-bond acceptors (Lipinski definition) is 2. The van der Waals surface area contributed by atoms with E-state index in [0.717, 1.165) is 35.2 Å². The van der Waals surface area contributed by atoms with Crippen LogP contribution in [0.4, 0.5) is 0 Å². The molecule has 2 nitrogen and oxygen atoms in total. The number of nitrogens with one attached hydrogen (secondary N) is 1. The predicted octanol–water partition coefficient (Wildman–Crippen LogP) is 7.08. The Hall–Kier alpha value is -1.81. The summed E-state index contributed by atoms with van der Waals surface area (Å²) in [5.41, 5.74) is 3.67. The highest BCUT2D eigenvalue weighted by Gasteiger charge is 2.12. The maximum Gasteiger partial charge on any atom is 0.124 e. The summed E-state index contributed by atoms with van der Waals surface area (Å²) >= 11 is 3.59. The summed E-state index contributed by atoms with van der Waals surface area (Å²) in [6, 6.07) is 27.5. The molecule has 3 aromatic carbocycles. The molecule has 0 spiro atoms. The molecule has 3 aromatic rings. The maximum absolute atomic E-state index is 6.12. The minimum Gasteiger partial charge on any atom is -0.489 e. The molecule has 1 N–H and O–H groups in total. The first-order valence-corrected chi connectivity index (χ1v) is 10.3. The lowest BCUT2D eigenvalue weighted by Gasteiger charge is -2.20. The summed E-state index contributed by atoms with van der Waals surface area (Å²) in [5, 5.41) is 3.72. The summed E-state index contributed by atoms with van der Waals surface area (Å²) in [4.78, 5) is 0. The third-order valence-corrected chi connectivity index (χ3v) is 5.07. The molecular weight excluding hydrogens is 434 g/mol. The lowest BCUT2D eigenvalue weighted by molar-refractivity contribution is 0.301. The van der Waals surface area contributed by atoms with Crippen molar-refractivity contribution in [1.82, 2.24) is 5.32 Å². The van der Waals surface area contributed by atoms with Crippen LogP contribution in [0.25, 0.3) is 0 Å². The Bertz CT molecular complexity index is 827. The molecule has 0 heterocycles. The largest absolute Gasteiger partial charge is 0.489 e. The third kappa shape index (κ3) is 6.66. The molecule has 0 aliphatic rings. The average Bonchev–Trinajstić information content (AvgIpc) is 2.72. The SMILES string of the molecule is CCCC(NCc1cc(Br)ccc1OCc1ccccc1)c1ccccc1.Cl. The van der Waals surface area contributed by atoms with Crippen LogP contribution in [0.15, 0.2) is 83.3 Å². The van der Waals surface area contributed by atoms with Crippen LogP contribution in [0.5, 0.6) is 5.75 Å². The van der Waals surface area contributed by atoms with Gasteiger partial charge in [-0.1, -0.05) is 89.9 Å². The van der Waals surface area contributed by atoms with E-state index in [2.05, 4.69) is 76.7 Å². The van der Waals surface area contributed by atoms with Gasteiger partial charge in [-0.3, -0.25) is 0 Å². The van der Waals surface area contributed by atoms with E-state index in [0.29, 0.717) is 12.6 Å². The van der Waals surface area contributed by atoms with E-state index in [1.54, 1.807) is 0 Å². The zero-order valence-electron chi connectivity index (χ0n) is 16.1. The second-order valence-corrected chi connectivity index (χ2v) is 7.57. The molecule has 148 valence electrons. The first-order chi connectivity index (χ1) is 13.3. The highest BCUT2D eigenvalue weighted by Crippen LogP contribution is 2.26. The number of hydrogen-bond donors (Lipinski definition) is 1. The highest BCUT2D eigenvalue weighted by atomic mass is 79.9. The molecule has 1 unspecified atom stereocenters. The number of benzene rings is 3. The summed E-state index contributed by atoms with van der Waals surface area (Å²) in [6.45, 7) is 3.57. The van der Waals surface area contributed by atoms with Gasteiger partial charge >= 0.3 is 0 Å². The summed E-state index contributed by atoms with van der Waals surface area (Å²) in [5.74, 6) is 0.929. The van der Waals surface area contributed by atoms with Crippen molar-refractivity contribution < 1.29 is 4.74 Å². The van der Waals surface area contributed by atoms with Crippen molar-refractivity contribution in [2.45, 2.75) is 39.0 Å². The first-order valence-electron chi connectivity index (χ1n) is 9.49. The fourth-order valence-electron chi connectivity index (χ4n) is 3.16. The van der Waals surface area contributed by atoms with Crippen molar-refractivity contribution in [1.29, 1.82) is 0 Å². The number of halogens is 2. The van der Waals surface area contributed by atoms with Gasteiger partial charge in [0.2, 0.25) is 0 Å². The van der Waals surface area contributed by atoms with Crippen molar-refractivity contribution >= 4 is 28.3 Å². The van der Waals surface area contributed by atoms with E-state index in [-0.39, 0.29) is 12.4 Å². The highest BCUT2D eigenvalue weighted by molar-refractivity contribution is 9.10. The number of ether oxygens (including phenoxy) is 1. The molecule has 0 aromatic heterocycles. The van der Waals surface area contributed by atoms with E-state index in [1.165, 1.54) is 11.1 Å². The minimum atomic E-state index is 0. The zero-order chi connectivity index (χ0) is 18.9. The molecule has 0 saturated heterocycles. The van der Waals surface area contributed by atoms with Gasteiger partial charge in [-0.25, -0.2) is 0 Å². The Balaban J connectivity index is 0.00000280. The van der Waals surface area contributed by atoms with Crippen molar-refractivity contribution in [3.05, 3.63) is 100 Å². The topological polar surface area (TPSA) is 21.3 Å². The van der Waals surface area contributed by atoms with Gasteiger partial charge in [-0.05, 0) is 35.7 Å². The standard InChI is InChI=1S/C24H26BrNO.ClH/c1-2-9-23(20-12-7-4-8-13-20)26-17-21-16-22(25)14-15-24(21)27-18-19-10-5-3-6-11-19;/h3-8,10-16,23,26H,2,9,17-18H2,1H3;1H. The molecule has 3 rings (SSSR count). The van der Waals surface area contributed by atoms with E-state index in [9.17, 15) is 0 Å². The Morgan fingerprint density at radius 3 is 2.29 bits per heavy atom. The Kier molecular flexibility index (Phi) is 9.56. The van der Waals surface area contributed by atoms with Gasteiger partial charge in [0.25, 0.3) is 0 Å². The normalized spacial score (nSPS) is 11.5. The zero-order valence-corrected chi connectivity index (χ0v) is 18.5. The second-order valence-electron chi connectivity index (χ2n) is 6.66. The Labute approximate surface area is 182 Å². The van der Waals surface area contributed by atoms with E-state index in [4.69, 9.17) is 4.74 Å². The van der Waals surface area contributed by atoms with E-state index < -0.39 is 0 Å². The first kappa shape index (κ1) is 22.5. The van der Waals surface area contributed by atoms with Crippen molar-refractivity contribution in [3.8, 4) is 5.75 Å². The van der Waals surface area contributed by atoms with Crippen LogP contribution < -0.4 is 10.1 Å². The van der Waals surface area contributed by atoms with Crippen LogP contribution in [-0.4, -0.2) is 0 Å². The van der Waals surface area contributed by atoms with Crippen LogP contribution in [0.3, 0.4) is 0 Å². The van der Waals surface area contributed by atoms with Crippen LogP contribution in [0, 0.1) is 0 Å². The summed E-state index contributed by atoms with van der Waals surface area (Å²) in [6.07, 6.45) is 2.25. The van der Waals surface area contributed by atoms with Crippen LogP contribution in [0.2, 0.25) is 0 Å². The van der Waals surface area contributed by atoms with E-state index in [1.807, 2.05) is 30.3 Å². The molecule has 0 amide bonds. The van der Waals surface area contributed by atoms with Gasteiger partial charge in [-0.2, -0.15) is 0 Å². The van der Waals surface area contributed by atoms with Gasteiger partial charge in [0.05, 0.1) is 0 Å². The van der Waals surface area contributed by atoms with Gasteiger partial charge in [0, 0.05) is 22.6 Å². The molecular formula is C24H27BrClNO. The lowest BCUT2D eigenvalue weighted by Crippen LogP contribution is -2.21. The van der Waals surface area contributed by atoms with Crippen LogP contribution >= 0.6 is 28.3 Å². The molecule has 0 bridgehead atoms. The monoisotopic (exact) mass is 459 g/mol. The second kappa shape index (κ2) is 11.9. The lowest BCUT2D eigenvalue weighted by atomic mass is 10.0. The molecule has 28 heavy (non-hydrogen) atoms. The quantitative estimate of drug-likeness (QED) is 0.368. The minimum absolute atomic E-state index is 0. The molecule has 0 aliphatic carbocycles. The molecule has 4 heteroatoms. The van der Waals surface area contributed by atoms with Gasteiger partial charge in [-0.15, -0.1) is 12.4 Å². The predicted molar refractivity (Wildman–Crippen MR) is 123 cm³/mol. The molecule has 0 saturated carbocycles. The molecule has 0 fully saturated rings. The van der Waals surface area contributed by atoms with Gasteiger partial charge < -0.3 is 10.1 Å². The Morgan fingerprint density at radius 1 is 0.929 bits per heavy atom. The van der Waals surface area contributed by atoms with Crippen LogP contribution in [0.1, 0.15) is 42.5 Å². The molecule has 0 radical (unpaired) electrons. The van der Waals surface area contributed by atoms with Gasteiger partial charge in [0.15, 0.2) is 0 Å². The van der Waals surface area contributed by atoms with Crippen molar-refractivity contribution in [3.63, 3.8) is 0 Å². The van der Waals surface area contributed by atoms with Crippen molar-refractivity contribution in [2.24, 2.45) is 0 Å². The van der Waals surface area contributed by atoms with Gasteiger partial charge in [0.1, 0.15) is 12.4 Å². The smallest absolute Gasteiger partial charge is 0.124 e. The fourth-order valence-corrected chi connectivity index (χ4v) is 3.56. The van der Waals surface area contributed by atoms with Crippen LogP contribution in [-0.2, 0) is 13.2 Å². The molecule has 0 aliphatic heterocycles. The fraction of sp³-hybridized carbons (Fsp3) is 0.250. The summed E-state index contributed by atoms with van der Waals surface area (Å²) < 4.78 is 7.18.